The number of fused-ring (bicyclic) bond motifs is 1. The van der Waals surface area contributed by atoms with Crippen molar-refractivity contribution in [3.8, 4) is 0 Å². The van der Waals surface area contributed by atoms with Gasteiger partial charge >= 0.3 is 5.97 Å². The van der Waals surface area contributed by atoms with E-state index >= 15 is 0 Å². The molecule has 2 rings (SSSR count). The quantitative estimate of drug-likeness (QED) is 0.777. The molecule has 0 fully saturated rings. The molecule has 0 radical (unpaired) electrons. The Morgan fingerprint density at radius 2 is 2.33 bits per heavy atom. The molecular formula is C11H16N2O2. The van der Waals surface area contributed by atoms with Gasteiger partial charge in [0.1, 0.15) is 0 Å². The van der Waals surface area contributed by atoms with Gasteiger partial charge in [-0.2, -0.15) is 5.10 Å². The lowest BCUT2D eigenvalue weighted by atomic mass is 9.85. The summed E-state index contributed by atoms with van der Waals surface area (Å²) in [6, 6.07) is 0. The van der Waals surface area contributed by atoms with E-state index in [4.69, 9.17) is 5.11 Å². The summed E-state index contributed by atoms with van der Waals surface area (Å²) in [6.07, 6.45) is 2.17. The first-order valence-corrected chi connectivity index (χ1v) is 5.38. The highest BCUT2D eigenvalue weighted by Gasteiger charge is 2.28. The smallest absolute Gasteiger partial charge is 0.306 e. The van der Waals surface area contributed by atoms with Crippen LogP contribution in [0.4, 0.5) is 0 Å². The Balaban J connectivity index is 2.30. The molecule has 2 N–H and O–H groups in total. The SMILES string of the molecule is CC(C)c1n[nH]c2c1C[C@H](C(=O)O)CC2. The van der Waals surface area contributed by atoms with Crippen LogP contribution in [0.25, 0.3) is 0 Å². The number of aryl methyl sites for hydroxylation is 1. The minimum atomic E-state index is -0.684. The average Bonchev–Trinajstić information content (AvgIpc) is 2.59. The van der Waals surface area contributed by atoms with E-state index in [-0.39, 0.29) is 5.92 Å². The van der Waals surface area contributed by atoms with E-state index in [9.17, 15) is 4.79 Å². The second-order valence-corrected chi connectivity index (χ2v) is 4.50. The van der Waals surface area contributed by atoms with Gasteiger partial charge in [-0.15, -0.1) is 0 Å². The second kappa shape index (κ2) is 3.68. The largest absolute Gasteiger partial charge is 0.481 e. The Labute approximate surface area is 88.7 Å². The van der Waals surface area contributed by atoms with Crippen molar-refractivity contribution < 1.29 is 9.90 Å². The highest BCUT2D eigenvalue weighted by Crippen LogP contribution is 2.29. The number of hydrogen-bond acceptors (Lipinski definition) is 2. The summed E-state index contributed by atoms with van der Waals surface area (Å²) in [4.78, 5) is 10.9. The maximum atomic E-state index is 10.9. The van der Waals surface area contributed by atoms with Crippen LogP contribution in [0, 0.1) is 5.92 Å². The predicted molar refractivity (Wildman–Crippen MR) is 55.8 cm³/mol. The fraction of sp³-hybridized carbons (Fsp3) is 0.636. The van der Waals surface area contributed by atoms with Crippen molar-refractivity contribution in [3.63, 3.8) is 0 Å². The molecule has 0 amide bonds. The van der Waals surface area contributed by atoms with E-state index < -0.39 is 5.97 Å². The number of rotatable bonds is 2. The molecule has 0 saturated carbocycles. The van der Waals surface area contributed by atoms with Crippen molar-refractivity contribution in [2.75, 3.05) is 0 Å². The first-order chi connectivity index (χ1) is 7.09. The van der Waals surface area contributed by atoms with Crippen molar-refractivity contribution in [2.45, 2.75) is 39.0 Å². The summed E-state index contributed by atoms with van der Waals surface area (Å²) in [6.45, 7) is 4.17. The Morgan fingerprint density at radius 1 is 1.60 bits per heavy atom. The van der Waals surface area contributed by atoms with Crippen molar-refractivity contribution in [3.05, 3.63) is 17.0 Å². The number of carboxylic acid groups (broad SMARTS) is 1. The van der Waals surface area contributed by atoms with Gasteiger partial charge in [0.05, 0.1) is 11.6 Å². The first-order valence-electron chi connectivity index (χ1n) is 5.38. The molecule has 1 aromatic rings. The Bertz CT molecular complexity index is 382. The number of carbonyl (C=O) groups is 1. The zero-order valence-electron chi connectivity index (χ0n) is 9.08. The molecule has 15 heavy (non-hydrogen) atoms. The van der Waals surface area contributed by atoms with Crippen LogP contribution in [-0.2, 0) is 17.6 Å². The number of carboxylic acids is 1. The third-order valence-electron chi connectivity index (χ3n) is 3.07. The summed E-state index contributed by atoms with van der Waals surface area (Å²) in [5.41, 5.74) is 3.32. The first kappa shape index (κ1) is 10.2. The Hall–Kier alpha value is -1.32. The van der Waals surface area contributed by atoms with Gasteiger partial charge in [0.25, 0.3) is 0 Å². The summed E-state index contributed by atoms with van der Waals surface area (Å²) >= 11 is 0. The normalized spacial score (nSPS) is 20.3. The minimum Gasteiger partial charge on any atom is -0.481 e. The second-order valence-electron chi connectivity index (χ2n) is 4.50. The van der Waals surface area contributed by atoms with Gasteiger partial charge in [0.15, 0.2) is 0 Å². The fourth-order valence-corrected chi connectivity index (χ4v) is 2.21. The minimum absolute atomic E-state index is 0.229. The third kappa shape index (κ3) is 1.76. The summed E-state index contributed by atoms with van der Waals surface area (Å²) in [7, 11) is 0. The van der Waals surface area contributed by atoms with Crippen LogP contribution in [-0.4, -0.2) is 21.3 Å². The summed E-state index contributed by atoms with van der Waals surface area (Å²) in [5.74, 6) is -0.554. The lowest BCUT2D eigenvalue weighted by Gasteiger charge is -2.19. The van der Waals surface area contributed by atoms with Crippen molar-refractivity contribution in [1.29, 1.82) is 0 Å². The van der Waals surface area contributed by atoms with E-state index in [1.165, 1.54) is 0 Å². The molecule has 4 nitrogen and oxygen atoms in total. The lowest BCUT2D eigenvalue weighted by Crippen LogP contribution is -2.22. The molecular weight excluding hydrogens is 192 g/mol. The van der Waals surface area contributed by atoms with Gasteiger partial charge in [0.2, 0.25) is 0 Å². The van der Waals surface area contributed by atoms with Gasteiger partial charge in [-0.1, -0.05) is 13.8 Å². The maximum Gasteiger partial charge on any atom is 0.306 e. The zero-order valence-corrected chi connectivity index (χ0v) is 9.08. The number of nitrogens with one attached hydrogen (secondary N) is 1. The Morgan fingerprint density at radius 3 is 2.93 bits per heavy atom. The molecule has 0 unspecified atom stereocenters. The molecule has 4 heteroatoms. The van der Waals surface area contributed by atoms with Crippen LogP contribution >= 0.6 is 0 Å². The zero-order chi connectivity index (χ0) is 11.0. The van der Waals surface area contributed by atoms with E-state index in [1.54, 1.807) is 0 Å². The molecule has 0 aliphatic heterocycles. The van der Waals surface area contributed by atoms with Gasteiger partial charge in [-0.05, 0) is 30.7 Å². The van der Waals surface area contributed by atoms with Gasteiger partial charge in [-0.3, -0.25) is 9.89 Å². The molecule has 1 heterocycles. The molecule has 1 atom stereocenters. The van der Waals surface area contributed by atoms with E-state index in [1.807, 2.05) is 0 Å². The van der Waals surface area contributed by atoms with Gasteiger partial charge in [0, 0.05) is 5.69 Å². The molecule has 1 aromatic heterocycles. The average molecular weight is 208 g/mol. The van der Waals surface area contributed by atoms with E-state index in [0.717, 1.165) is 29.8 Å². The van der Waals surface area contributed by atoms with Crippen LogP contribution in [0.15, 0.2) is 0 Å². The van der Waals surface area contributed by atoms with Crippen LogP contribution in [0.1, 0.15) is 43.1 Å². The predicted octanol–water partition coefficient (Wildman–Crippen LogP) is 1.72. The highest BCUT2D eigenvalue weighted by molar-refractivity contribution is 5.71. The van der Waals surface area contributed by atoms with Crippen molar-refractivity contribution in [1.82, 2.24) is 10.2 Å². The highest BCUT2D eigenvalue weighted by atomic mass is 16.4. The maximum absolute atomic E-state index is 10.9. The molecule has 82 valence electrons. The van der Waals surface area contributed by atoms with Crippen LogP contribution in [0.2, 0.25) is 0 Å². The summed E-state index contributed by atoms with van der Waals surface area (Å²) < 4.78 is 0. The fourth-order valence-electron chi connectivity index (χ4n) is 2.21. The monoisotopic (exact) mass is 208 g/mol. The number of H-pyrrole nitrogens is 1. The molecule has 1 aliphatic rings. The van der Waals surface area contributed by atoms with Gasteiger partial charge in [-0.25, -0.2) is 0 Å². The van der Waals surface area contributed by atoms with Gasteiger partial charge < -0.3 is 5.11 Å². The molecule has 0 spiro atoms. The number of aliphatic carboxylic acids is 1. The van der Waals surface area contributed by atoms with Crippen molar-refractivity contribution in [2.24, 2.45) is 5.92 Å². The third-order valence-corrected chi connectivity index (χ3v) is 3.07. The van der Waals surface area contributed by atoms with E-state index in [2.05, 4.69) is 24.0 Å². The van der Waals surface area contributed by atoms with Crippen molar-refractivity contribution >= 4 is 5.97 Å². The molecule has 0 bridgehead atoms. The number of nitrogens with zero attached hydrogens (tertiary/aromatic N) is 1. The Kier molecular flexibility index (Phi) is 2.50. The number of aromatic amines is 1. The molecule has 1 aliphatic carbocycles. The standard InChI is InChI=1S/C11H16N2O2/c1-6(2)10-8-5-7(11(14)15)3-4-9(8)12-13-10/h6-7H,3-5H2,1-2H3,(H,12,13)(H,14,15)/t7-/m1/s1. The van der Waals surface area contributed by atoms with Crippen LogP contribution in [0.3, 0.4) is 0 Å². The van der Waals surface area contributed by atoms with Crippen LogP contribution < -0.4 is 0 Å². The molecule has 0 aromatic carbocycles. The summed E-state index contributed by atoms with van der Waals surface area (Å²) in [5, 5.41) is 16.3. The molecule has 0 saturated heterocycles. The number of aromatic nitrogens is 2. The lowest BCUT2D eigenvalue weighted by molar-refractivity contribution is -0.142. The number of hydrogen-bond donors (Lipinski definition) is 2. The van der Waals surface area contributed by atoms with Crippen LogP contribution in [0.5, 0.6) is 0 Å². The van der Waals surface area contributed by atoms with E-state index in [0.29, 0.717) is 12.3 Å². The topological polar surface area (TPSA) is 66.0 Å².